The number of carbonyl (C=O) groups is 1. The molecular formula is C16H19N3O5S2. The van der Waals surface area contributed by atoms with E-state index in [1.54, 1.807) is 17.0 Å². The van der Waals surface area contributed by atoms with E-state index < -0.39 is 14.9 Å². The molecule has 140 valence electrons. The molecule has 0 spiro atoms. The molecule has 1 N–H and O–H groups in total. The van der Waals surface area contributed by atoms with Crippen LogP contribution < -0.4 is 4.72 Å². The fourth-order valence-corrected chi connectivity index (χ4v) is 4.61. The number of amides is 1. The van der Waals surface area contributed by atoms with Crippen LogP contribution in [0, 0.1) is 10.1 Å². The van der Waals surface area contributed by atoms with Crippen LogP contribution in [0.1, 0.15) is 28.9 Å². The maximum atomic E-state index is 12.9. The van der Waals surface area contributed by atoms with Crippen molar-refractivity contribution in [3.63, 3.8) is 0 Å². The number of carbonyl (C=O) groups excluding carboxylic acids is 1. The molecule has 1 atom stereocenters. The van der Waals surface area contributed by atoms with Gasteiger partial charge in [0.1, 0.15) is 0 Å². The fourth-order valence-electron chi connectivity index (χ4n) is 3.12. The summed E-state index contributed by atoms with van der Waals surface area (Å²) in [5.74, 6) is -0.158. The highest BCUT2D eigenvalue weighted by Gasteiger charge is 2.29. The van der Waals surface area contributed by atoms with Gasteiger partial charge in [0.2, 0.25) is 10.0 Å². The molecule has 26 heavy (non-hydrogen) atoms. The van der Waals surface area contributed by atoms with Crippen LogP contribution in [-0.2, 0) is 10.0 Å². The molecule has 1 aliphatic rings. The zero-order valence-electron chi connectivity index (χ0n) is 14.2. The Hall–Kier alpha value is -2.04. The van der Waals surface area contributed by atoms with E-state index in [4.69, 9.17) is 0 Å². The number of nitro groups is 1. The van der Waals surface area contributed by atoms with E-state index in [2.05, 4.69) is 4.72 Å². The topological polar surface area (TPSA) is 110 Å². The van der Waals surface area contributed by atoms with Crippen molar-refractivity contribution in [2.24, 2.45) is 0 Å². The molecule has 0 radical (unpaired) electrons. The molecular weight excluding hydrogens is 378 g/mol. The van der Waals surface area contributed by atoms with Gasteiger partial charge in [0, 0.05) is 41.4 Å². The minimum Gasteiger partial charge on any atom is -0.334 e. The summed E-state index contributed by atoms with van der Waals surface area (Å²) >= 11 is 1.29. The summed E-state index contributed by atoms with van der Waals surface area (Å²) in [4.78, 5) is 25.6. The molecule has 10 heteroatoms. The highest BCUT2D eigenvalue weighted by atomic mass is 32.2. The van der Waals surface area contributed by atoms with Gasteiger partial charge in [0.05, 0.1) is 16.1 Å². The van der Waals surface area contributed by atoms with Gasteiger partial charge in [-0.05, 0) is 31.4 Å². The lowest BCUT2D eigenvalue weighted by Crippen LogP contribution is -2.49. The lowest BCUT2D eigenvalue weighted by atomic mass is 10.0. The van der Waals surface area contributed by atoms with E-state index in [9.17, 15) is 23.3 Å². The second kappa shape index (κ2) is 7.29. The van der Waals surface area contributed by atoms with E-state index in [1.807, 2.05) is 0 Å². The third-order valence-electron chi connectivity index (χ3n) is 4.39. The molecule has 1 saturated heterocycles. The first kappa shape index (κ1) is 18.7. The number of benzene rings is 1. The Morgan fingerprint density at radius 2 is 2.15 bits per heavy atom. The zero-order chi connectivity index (χ0) is 18.9. The number of nitrogens with zero attached hydrogens (tertiary/aromatic N) is 2. The number of non-ortho nitro benzene ring substituents is 1. The number of hydrogen-bond donors (Lipinski definition) is 1. The van der Waals surface area contributed by atoms with Gasteiger partial charge in [-0.2, -0.15) is 0 Å². The minimum atomic E-state index is -3.32. The van der Waals surface area contributed by atoms with Crippen molar-refractivity contribution >= 4 is 43.0 Å². The Bertz CT molecular complexity index is 954. The standard InChI is InChI=1S/C16H19N3O5S2/c1-26(23,24)17-10-13-4-2-3-7-18(13)16(20)15-9-11-8-12(19(21)22)5-6-14(11)25-15/h5-6,8-9,13,17H,2-4,7,10H2,1H3. The van der Waals surface area contributed by atoms with Crippen LogP contribution in [0.25, 0.3) is 10.1 Å². The highest BCUT2D eigenvalue weighted by molar-refractivity contribution is 7.88. The molecule has 1 amide bonds. The van der Waals surface area contributed by atoms with Crippen molar-refractivity contribution in [2.45, 2.75) is 25.3 Å². The molecule has 8 nitrogen and oxygen atoms in total. The van der Waals surface area contributed by atoms with Crippen molar-refractivity contribution in [2.75, 3.05) is 19.3 Å². The summed E-state index contributed by atoms with van der Waals surface area (Å²) in [6.45, 7) is 0.768. The average molecular weight is 397 g/mol. The first-order chi connectivity index (χ1) is 12.2. The van der Waals surface area contributed by atoms with Crippen molar-refractivity contribution in [3.05, 3.63) is 39.3 Å². The fraction of sp³-hybridized carbons (Fsp3) is 0.438. The van der Waals surface area contributed by atoms with E-state index in [0.29, 0.717) is 16.8 Å². The quantitative estimate of drug-likeness (QED) is 0.615. The number of hydrogen-bond acceptors (Lipinski definition) is 6. The number of nitro benzene ring substituents is 1. The summed E-state index contributed by atoms with van der Waals surface area (Å²) in [5, 5.41) is 11.6. The van der Waals surface area contributed by atoms with Crippen LogP contribution >= 0.6 is 11.3 Å². The summed E-state index contributed by atoms with van der Waals surface area (Å²) in [6, 6.07) is 6.01. The Morgan fingerprint density at radius 1 is 1.38 bits per heavy atom. The lowest BCUT2D eigenvalue weighted by molar-refractivity contribution is -0.384. The van der Waals surface area contributed by atoms with Gasteiger partial charge in [-0.1, -0.05) is 0 Å². The van der Waals surface area contributed by atoms with Gasteiger partial charge >= 0.3 is 0 Å². The van der Waals surface area contributed by atoms with Gasteiger partial charge in [-0.15, -0.1) is 11.3 Å². The van der Waals surface area contributed by atoms with E-state index in [0.717, 1.165) is 30.2 Å². The van der Waals surface area contributed by atoms with E-state index in [-0.39, 0.29) is 24.2 Å². The monoisotopic (exact) mass is 397 g/mol. The predicted molar refractivity (Wildman–Crippen MR) is 100 cm³/mol. The average Bonchev–Trinajstić information content (AvgIpc) is 3.02. The molecule has 2 aromatic rings. The molecule has 0 aliphatic carbocycles. The molecule has 0 saturated carbocycles. The predicted octanol–water partition coefficient (Wildman–Crippen LogP) is 2.35. The molecule has 1 aromatic carbocycles. The summed E-state index contributed by atoms with van der Waals surface area (Å²) < 4.78 is 26.0. The second-order valence-corrected chi connectivity index (χ2v) is 9.28. The van der Waals surface area contributed by atoms with Crippen molar-refractivity contribution < 1.29 is 18.1 Å². The molecule has 1 aliphatic heterocycles. The van der Waals surface area contributed by atoms with Crippen molar-refractivity contribution in [3.8, 4) is 0 Å². The summed E-state index contributed by atoms with van der Waals surface area (Å²) in [7, 11) is -3.32. The first-order valence-electron chi connectivity index (χ1n) is 8.18. The van der Waals surface area contributed by atoms with Crippen molar-refractivity contribution in [1.82, 2.24) is 9.62 Å². The molecule has 0 bridgehead atoms. The Morgan fingerprint density at radius 3 is 2.85 bits per heavy atom. The molecule has 3 rings (SSSR count). The third-order valence-corrected chi connectivity index (χ3v) is 6.19. The van der Waals surface area contributed by atoms with Crippen LogP contribution in [0.2, 0.25) is 0 Å². The molecule has 1 aromatic heterocycles. The number of thiophene rings is 1. The highest BCUT2D eigenvalue weighted by Crippen LogP contribution is 2.31. The number of rotatable bonds is 5. The normalized spacial score (nSPS) is 18.2. The maximum absolute atomic E-state index is 12.9. The zero-order valence-corrected chi connectivity index (χ0v) is 15.8. The summed E-state index contributed by atoms with van der Waals surface area (Å²) in [5.41, 5.74) is -0.0116. The molecule has 1 fully saturated rings. The lowest BCUT2D eigenvalue weighted by Gasteiger charge is -2.35. The van der Waals surface area contributed by atoms with Gasteiger partial charge in [-0.25, -0.2) is 13.1 Å². The second-order valence-electron chi connectivity index (χ2n) is 6.36. The van der Waals surface area contributed by atoms with Crippen LogP contribution in [-0.4, -0.2) is 49.5 Å². The number of likely N-dealkylation sites (tertiary alicyclic amines) is 1. The van der Waals surface area contributed by atoms with Crippen LogP contribution in [0.15, 0.2) is 24.3 Å². The number of sulfonamides is 1. The van der Waals surface area contributed by atoms with Crippen molar-refractivity contribution in [1.29, 1.82) is 0 Å². The first-order valence-corrected chi connectivity index (χ1v) is 10.9. The maximum Gasteiger partial charge on any atom is 0.270 e. The van der Waals surface area contributed by atoms with Gasteiger partial charge in [-0.3, -0.25) is 14.9 Å². The van der Waals surface area contributed by atoms with Gasteiger partial charge in [0.15, 0.2) is 0 Å². The van der Waals surface area contributed by atoms with Crippen LogP contribution in [0.3, 0.4) is 0 Å². The molecule has 2 heterocycles. The number of piperidine rings is 1. The Balaban J connectivity index is 1.84. The Kier molecular flexibility index (Phi) is 5.26. The van der Waals surface area contributed by atoms with Gasteiger partial charge in [0.25, 0.3) is 11.6 Å². The third kappa shape index (κ3) is 4.19. The van der Waals surface area contributed by atoms with E-state index >= 15 is 0 Å². The van der Waals surface area contributed by atoms with Gasteiger partial charge < -0.3 is 4.90 Å². The number of fused-ring (bicyclic) bond motifs is 1. The number of nitrogens with one attached hydrogen (secondary N) is 1. The minimum absolute atomic E-state index is 0.0116. The smallest absolute Gasteiger partial charge is 0.270 e. The van der Waals surface area contributed by atoms with Crippen LogP contribution in [0.4, 0.5) is 5.69 Å². The SMILES string of the molecule is CS(=O)(=O)NCC1CCCCN1C(=O)c1cc2cc([N+](=O)[O-])ccc2s1. The van der Waals surface area contributed by atoms with E-state index in [1.165, 1.54) is 23.5 Å². The largest absolute Gasteiger partial charge is 0.334 e. The van der Waals surface area contributed by atoms with Crippen LogP contribution in [0.5, 0.6) is 0 Å². The summed E-state index contributed by atoms with van der Waals surface area (Å²) in [6.07, 6.45) is 3.65. The molecule has 1 unspecified atom stereocenters. The Labute approximate surface area is 155 Å².